The summed E-state index contributed by atoms with van der Waals surface area (Å²) in [7, 11) is 3.89. The molecule has 5 nitrogen and oxygen atoms in total. The van der Waals surface area contributed by atoms with E-state index in [1.54, 1.807) is 0 Å². The lowest BCUT2D eigenvalue weighted by molar-refractivity contribution is -0.130. The Kier molecular flexibility index (Phi) is 6.35. The topological polar surface area (TPSA) is 38.8 Å². The number of hydrogen-bond acceptors (Lipinski definition) is 4. The van der Waals surface area contributed by atoms with Crippen molar-refractivity contribution in [3.05, 3.63) is 0 Å². The quantitative estimate of drug-likeness (QED) is 0.753. The summed E-state index contributed by atoms with van der Waals surface area (Å²) in [5.74, 6) is 0.271. The van der Waals surface area contributed by atoms with Crippen LogP contribution >= 0.6 is 12.4 Å². The zero-order chi connectivity index (χ0) is 12.3. The Morgan fingerprint density at radius 2 is 1.94 bits per heavy atom. The summed E-state index contributed by atoms with van der Waals surface area (Å²) in [6, 6.07) is 0.586. The maximum atomic E-state index is 11.9. The fourth-order valence-electron chi connectivity index (χ4n) is 2.68. The first-order valence-electron chi connectivity index (χ1n) is 6.54. The van der Waals surface area contributed by atoms with Gasteiger partial charge in [-0.1, -0.05) is 0 Å². The normalized spacial score (nSPS) is 25.3. The number of carbonyl (C=O) groups excluding carboxylic acids is 1. The molecule has 106 valence electrons. The number of likely N-dealkylation sites (tertiary alicyclic amines) is 1. The highest BCUT2D eigenvalue weighted by Gasteiger charge is 2.30. The molecule has 2 rings (SSSR count). The van der Waals surface area contributed by atoms with Gasteiger partial charge in [-0.05, 0) is 20.5 Å². The number of hydrogen-bond donors (Lipinski definition) is 1. The van der Waals surface area contributed by atoms with Gasteiger partial charge in [0, 0.05) is 45.3 Å². The van der Waals surface area contributed by atoms with E-state index in [1.807, 2.05) is 23.9 Å². The molecule has 1 N–H and O–H groups in total. The molecule has 6 heteroatoms. The number of halogens is 1. The number of carbonyl (C=O) groups is 1. The fourth-order valence-corrected chi connectivity index (χ4v) is 2.68. The van der Waals surface area contributed by atoms with Gasteiger partial charge in [-0.15, -0.1) is 12.4 Å². The number of nitrogens with one attached hydrogen (secondary N) is 1. The third-order valence-electron chi connectivity index (χ3n) is 3.64. The second kappa shape index (κ2) is 7.28. The van der Waals surface area contributed by atoms with Gasteiger partial charge < -0.3 is 15.1 Å². The predicted octanol–water partition coefficient (Wildman–Crippen LogP) is -0.524. The van der Waals surface area contributed by atoms with Gasteiger partial charge in [-0.25, -0.2) is 0 Å². The molecule has 2 saturated heterocycles. The number of likely N-dealkylation sites (N-methyl/N-ethyl adjacent to an activating group) is 1. The summed E-state index contributed by atoms with van der Waals surface area (Å²) in [6.45, 7) is 6.81. The Morgan fingerprint density at radius 3 is 2.56 bits per heavy atom. The molecule has 1 amide bonds. The van der Waals surface area contributed by atoms with E-state index in [1.165, 1.54) is 0 Å². The molecule has 2 fully saturated rings. The van der Waals surface area contributed by atoms with Gasteiger partial charge in [0.25, 0.3) is 0 Å². The van der Waals surface area contributed by atoms with Crippen LogP contribution < -0.4 is 5.32 Å². The van der Waals surface area contributed by atoms with Crippen molar-refractivity contribution in [2.24, 2.45) is 0 Å². The number of nitrogens with zero attached hydrogens (tertiary/aromatic N) is 3. The van der Waals surface area contributed by atoms with Crippen molar-refractivity contribution >= 4 is 18.3 Å². The number of amides is 1. The van der Waals surface area contributed by atoms with Crippen molar-refractivity contribution in [1.82, 2.24) is 20.0 Å². The molecular formula is C12H25ClN4O. The minimum atomic E-state index is 0. The first-order chi connectivity index (χ1) is 8.16. The molecule has 0 aromatic carbocycles. The first kappa shape index (κ1) is 15.7. The van der Waals surface area contributed by atoms with Crippen LogP contribution in [0.3, 0.4) is 0 Å². The molecule has 1 atom stereocenters. The molecule has 2 heterocycles. The van der Waals surface area contributed by atoms with Crippen LogP contribution in [0.5, 0.6) is 0 Å². The molecule has 0 bridgehead atoms. The highest BCUT2D eigenvalue weighted by atomic mass is 35.5. The maximum absolute atomic E-state index is 11.9. The summed E-state index contributed by atoms with van der Waals surface area (Å²) in [5.41, 5.74) is 0. The minimum absolute atomic E-state index is 0. The molecule has 0 radical (unpaired) electrons. The van der Waals surface area contributed by atoms with Gasteiger partial charge in [-0.3, -0.25) is 9.69 Å². The summed E-state index contributed by atoms with van der Waals surface area (Å²) >= 11 is 0. The summed E-state index contributed by atoms with van der Waals surface area (Å²) in [5, 5.41) is 3.37. The Labute approximate surface area is 116 Å². The summed E-state index contributed by atoms with van der Waals surface area (Å²) < 4.78 is 0. The molecule has 2 aliphatic rings. The van der Waals surface area contributed by atoms with E-state index in [9.17, 15) is 4.79 Å². The Hall–Kier alpha value is -0.360. The van der Waals surface area contributed by atoms with Gasteiger partial charge in [0.05, 0.1) is 6.54 Å². The molecule has 1 unspecified atom stereocenters. The Balaban J connectivity index is 0.00000162. The lowest BCUT2D eigenvalue weighted by Crippen LogP contribution is -2.49. The predicted molar refractivity (Wildman–Crippen MR) is 75.2 cm³/mol. The summed E-state index contributed by atoms with van der Waals surface area (Å²) in [4.78, 5) is 18.4. The van der Waals surface area contributed by atoms with E-state index in [4.69, 9.17) is 0 Å². The lowest BCUT2D eigenvalue weighted by Gasteiger charge is -2.32. The molecule has 2 aliphatic heterocycles. The number of rotatable bonds is 3. The average Bonchev–Trinajstić information content (AvgIpc) is 2.78. The van der Waals surface area contributed by atoms with Crippen LogP contribution in [0.15, 0.2) is 0 Å². The second-order valence-electron chi connectivity index (χ2n) is 5.31. The van der Waals surface area contributed by atoms with E-state index in [-0.39, 0.29) is 18.3 Å². The van der Waals surface area contributed by atoms with Crippen molar-refractivity contribution in [2.75, 3.05) is 59.9 Å². The van der Waals surface area contributed by atoms with Crippen molar-refractivity contribution in [1.29, 1.82) is 0 Å². The van der Waals surface area contributed by atoms with Gasteiger partial charge in [0.2, 0.25) is 5.91 Å². The Bertz CT molecular complexity index is 269. The summed E-state index contributed by atoms with van der Waals surface area (Å²) in [6.07, 6.45) is 1.14. The molecule has 18 heavy (non-hydrogen) atoms. The van der Waals surface area contributed by atoms with E-state index in [0.717, 1.165) is 45.7 Å². The van der Waals surface area contributed by atoms with E-state index >= 15 is 0 Å². The third-order valence-corrected chi connectivity index (χ3v) is 3.64. The minimum Gasteiger partial charge on any atom is -0.340 e. The zero-order valence-electron chi connectivity index (χ0n) is 11.4. The van der Waals surface area contributed by atoms with Crippen LogP contribution in [0.4, 0.5) is 0 Å². The number of piperazine rings is 1. The fraction of sp³-hybridized carbons (Fsp3) is 0.917. The van der Waals surface area contributed by atoms with Crippen LogP contribution in [-0.2, 0) is 4.79 Å². The molecular weight excluding hydrogens is 252 g/mol. The van der Waals surface area contributed by atoms with Crippen molar-refractivity contribution in [3.8, 4) is 0 Å². The van der Waals surface area contributed by atoms with Crippen LogP contribution in [0.25, 0.3) is 0 Å². The third kappa shape index (κ3) is 4.09. The molecule has 0 aliphatic carbocycles. The highest BCUT2D eigenvalue weighted by Crippen LogP contribution is 2.16. The van der Waals surface area contributed by atoms with Crippen LogP contribution in [0, 0.1) is 0 Å². The smallest absolute Gasteiger partial charge is 0.236 e. The highest BCUT2D eigenvalue weighted by molar-refractivity contribution is 5.85. The van der Waals surface area contributed by atoms with Crippen LogP contribution in [0.1, 0.15) is 6.42 Å². The van der Waals surface area contributed by atoms with Crippen LogP contribution in [-0.4, -0.2) is 86.6 Å². The van der Waals surface area contributed by atoms with Crippen molar-refractivity contribution < 1.29 is 4.79 Å². The van der Waals surface area contributed by atoms with Gasteiger partial charge in [0.1, 0.15) is 0 Å². The Morgan fingerprint density at radius 1 is 1.28 bits per heavy atom. The first-order valence-corrected chi connectivity index (χ1v) is 6.54. The largest absolute Gasteiger partial charge is 0.340 e. The van der Waals surface area contributed by atoms with Crippen molar-refractivity contribution in [3.63, 3.8) is 0 Å². The maximum Gasteiger partial charge on any atom is 0.236 e. The zero-order valence-corrected chi connectivity index (χ0v) is 12.2. The van der Waals surface area contributed by atoms with Gasteiger partial charge in [-0.2, -0.15) is 0 Å². The van der Waals surface area contributed by atoms with E-state index in [2.05, 4.69) is 10.2 Å². The molecule has 0 saturated carbocycles. The van der Waals surface area contributed by atoms with Crippen molar-refractivity contribution in [2.45, 2.75) is 12.5 Å². The standard InChI is InChI=1S/C12H24N4O.ClH/c1-14(2)10-12(17)16-6-3-11(9-16)15-7-4-13-5-8-15;/h11,13H,3-10H2,1-2H3;1H. The molecule has 0 spiro atoms. The molecule has 0 aromatic heterocycles. The van der Waals surface area contributed by atoms with E-state index < -0.39 is 0 Å². The van der Waals surface area contributed by atoms with Crippen LogP contribution in [0.2, 0.25) is 0 Å². The average molecular weight is 277 g/mol. The van der Waals surface area contributed by atoms with Gasteiger partial charge >= 0.3 is 0 Å². The van der Waals surface area contributed by atoms with Gasteiger partial charge in [0.15, 0.2) is 0 Å². The second-order valence-corrected chi connectivity index (χ2v) is 5.31. The lowest BCUT2D eigenvalue weighted by atomic mass is 10.2. The molecule has 0 aromatic rings. The SMILES string of the molecule is CN(C)CC(=O)N1CCC(N2CCNCC2)C1.Cl. The monoisotopic (exact) mass is 276 g/mol. The van der Waals surface area contributed by atoms with E-state index in [0.29, 0.717) is 12.6 Å².